The van der Waals surface area contributed by atoms with Crippen LogP contribution in [-0.2, 0) is 10.8 Å². The van der Waals surface area contributed by atoms with Gasteiger partial charge in [-0.2, -0.15) is 0 Å². The van der Waals surface area contributed by atoms with Crippen LogP contribution < -0.4 is 10.6 Å². The highest BCUT2D eigenvalue weighted by Crippen LogP contribution is 2.25. The SMILES string of the molecule is CS(=O)c1cc(N)cc(N2CCCC2)c1. The maximum atomic E-state index is 11.4. The van der Waals surface area contributed by atoms with Crippen LogP contribution in [0.4, 0.5) is 11.4 Å². The highest BCUT2D eigenvalue weighted by atomic mass is 32.2. The zero-order valence-electron chi connectivity index (χ0n) is 8.90. The van der Waals surface area contributed by atoms with Gasteiger partial charge in [0.2, 0.25) is 0 Å². The number of nitrogens with zero attached hydrogens (tertiary/aromatic N) is 1. The minimum atomic E-state index is -0.956. The van der Waals surface area contributed by atoms with Crippen molar-refractivity contribution in [1.82, 2.24) is 0 Å². The van der Waals surface area contributed by atoms with Gasteiger partial charge < -0.3 is 10.6 Å². The second-order valence-corrected chi connectivity index (χ2v) is 5.29. The van der Waals surface area contributed by atoms with Crippen LogP contribution >= 0.6 is 0 Å². The molecular weight excluding hydrogens is 208 g/mol. The molecular formula is C11H16N2OS. The van der Waals surface area contributed by atoms with Gasteiger partial charge in [0.25, 0.3) is 0 Å². The van der Waals surface area contributed by atoms with Crippen molar-refractivity contribution in [3.05, 3.63) is 18.2 Å². The second-order valence-electron chi connectivity index (χ2n) is 3.91. The molecule has 1 aliphatic rings. The molecule has 0 bridgehead atoms. The zero-order valence-corrected chi connectivity index (χ0v) is 9.72. The Hall–Kier alpha value is -1.03. The molecule has 1 aromatic carbocycles. The van der Waals surface area contributed by atoms with E-state index in [4.69, 9.17) is 5.73 Å². The summed E-state index contributed by atoms with van der Waals surface area (Å²) in [5.74, 6) is 0. The molecule has 0 amide bonds. The van der Waals surface area contributed by atoms with Crippen molar-refractivity contribution < 1.29 is 4.21 Å². The van der Waals surface area contributed by atoms with Gasteiger partial charge in [0.1, 0.15) is 0 Å². The fraction of sp³-hybridized carbons (Fsp3) is 0.455. The molecule has 2 N–H and O–H groups in total. The standard InChI is InChI=1S/C11H16N2OS/c1-15(14)11-7-9(12)6-10(8-11)13-4-2-3-5-13/h6-8H,2-5,12H2,1H3. The van der Waals surface area contributed by atoms with Crippen LogP contribution in [0.5, 0.6) is 0 Å². The van der Waals surface area contributed by atoms with Gasteiger partial charge >= 0.3 is 0 Å². The topological polar surface area (TPSA) is 46.3 Å². The first kappa shape index (κ1) is 10.5. The van der Waals surface area contributed by atoms with Crippen LogP contribution in [0.25, 0.3) is 0 Å². The normalized spacial score (nSPS) is 18.1. The van der Waals surface area contributed by atoms with E-state index in [1.54, 1.807) is 12.3 Å². The zero-order chi connectivity index (χ0) is 10.8. The van der Waals surface area contributed by atoms with Crippen LogP contribution in [-0.4, -0.2) is 23.6 Å². The van der Waals surface area contributed by atoms with E-state index in [2.05, 4.69) is 4.90 Å². The lowest BCUT2D eigenvalue weighted by molar-refractivity contribution is 0.687. The van der Waals surface area contributed by atoms with Gasteiger partial charge in [-0.1, -0.05) is 0 Å². The smallest absolute Gasteiger partial charge is 0.0499 e. The number of rotatable bonds is 2. The average Bonchev–Trinajstić information content (AvgIpc) is 2.69. The monoisotopic (exact) mass is 224 g/mol. The molecule has 82 valence electrons. The molecule has 3 nitrogen and oxygen atoms in total. The lowest BCUT2D eigenvalue weighted by atomic mass is 10.2. The molecule has 1 aromatic rings. The van der Waals surface area contributed by atoms with Crippen molar-refractivity contribution in [2.24, 2.45) is 0 Å². The van der Waals surface area contributed by atoms with E-state index in [0.717, 1.165) is 23.7 Å². The van der Waals surface area contributed by atoms with Crippen molar-refractivity contribution in [2.75, 3.05) is 30.0 Å². The van der Waals surface area contributed by atoms with Crippen molar-refractivity contribution in [2.45, 2.75) is 17.7 Å². The Balaban J connectivity index is 2.34. The molecule has 1 heterocycles. The third kappa shape index (κ3) is 2.31. The number of hydrogen-bond donors (Lipinski definition) is 1. The van der Waals surface area contributed by atoms with Gasteiger partial charge in [-0.3, -0.25) is 4.21 Å². The van der Waals surface area contributed by atoms with Gasteiger partial charge in [0.05, 0.1) is 0 Å². The van der Waals surface area contributed by atoms with E-state index in [9.17, 15) is 4.21 Å². The molecule has 4 heteroatoms. The molecule has 1 aliphatic heterocycles. The number of hydrogen-bond acceptors (Lipinski definition) is 3. The van der Waals surface area contributed by atoms with E-state index in [-0.39, 0.29) is 0 Å². The Kier molecular flexibility index (Phi) is 2.95. The molecule has 15 heavy (non-hydrogen) atoms. The Morgan fingerprint density at radius 1 is 1.27 bits per heavy atom. The summed E-state index contributed by atoms with van der Waals surface area (Å²) in [4.78, 5) is 3.11. The van der Waals surface area contributed by atoms with E-state index >= 15 is 0 Å². The average molecular weight is 224 g/mol. The number of benzene rings is 1. The predicted molar refractivity (Wildman–Crippen MR) is 64.6 cm³/mol. The molecule has 0 aromatic heterocycles. The van der Waals surface area contributed by atoms with Crippen molar-refractivity contribution >= 4 is 22.2 Å². The summed E-state index contributed by atoms with van der Waals surface area (Å²) in [5, 5.41) is 0. The second kappa shape index (κ2) is 4.23. The van der Waals surface area contributed by atoms with Gasteiger partial charge in [0.15, 0.2) is 0 Å². The minimum absolute atomic E-state index is 0.699. The molecule has 0 spiro atoms. The third-order valence-electron chi connectivity index (χ3n) is 2.72. The summed E-state index contributed by atoms with van der Waals surface area (Å²) < 4.78 is 11.4. The maximum absolute atomic E-state index is 11.4. The lowest BCUT2D eigenvalue weighted by Crippen LogP contribution is -2.17. The van der Waals surface area contributed by atoms with Gasteiger partial charge in [-0.05, 0) is 31.0 Å². The van der Waals surface area contributed by atoms with Crippen LogP contribution in [0, 0.1) is 0 Å². The van der Waals surface area contributed by atoms with Crippen molar-refractivity contribution in [1.29, 1.82) is 0 Å². The molecule has 2 rings (SSSR count). The van der Waals surface area contributed by atoms with Crippen LogP contribution in [0.3, 0.4) is 0 Å². The highest BCUT2D eigenvalue weighted by Gasteiger charge is 2.13. The fourth-order valence-electron chi connectivity index (χ4n) is 1.93. The quantitative estimate of drug-likeness (QED) is 0.776. The molecule has 0 saturated carbocycles. The van der Waals surface area contributed by atoms with Crippen molar-refractivity contribution in [3.63, 3.8) is 0 Å². The lowest BCUT2D eigenvalue weighted by Gasteiger charge is -2.18. The van der Waals surface area contributed by atoms with Gasteiger partial charge in [-0.15, -0.1) is 0 Å². The Labute approximate surface area is 92.7 Å². The predicted octanol–water partition coefficient (Wildman–Crippen LogP) is 1.61. The number of nitrogens with two attached hydrogens (primary N) is 1. The van der Waals surface area contributed by atoms with E-state index in [0.29, 0.717) is 5.69 Å². The van der Waals surface area contributed by atoms with E-state index in [1.165, 1.54) is 12.8 Å². The van der Waals surface area contributed by atoms with Crippen molar-refractivity contribution in [3.8, 4) is 0 Å². The van der Waals surface area contributed by atoms with Crippen LogP contribution in [0.2, 0.25) is 0 Å². The molecule has 1 atom stereocenters. The van der Waals surface area contributed by atoms with Gasteiger partial charge in [-0.25, -0.2) is 0 Å². The van der Waals surface area contributed by atoms with Gasteiger partial charge in [0, 0.05) is 46.4 Å². The van der Waals surface area contributed by atoms with E-state index < -0.39 is 10.8 Å². The van der Waals surface area contributed by atoms with Crippen LogP contribution in [0.15, 0.2) is 23.1 Å². The minimum Gasteiger partial charge on any atom is -0.399 e. The van der Waals surface area contributed by atoms with E-state index in [1.807, 2.05) is 12.1 Å². The first-order chi connectivity index (χ1) is 7.16. The molecule has 0 aliphatic carbocycles. The Bertz CT molecular complexity index is 386. The number of nitrogen functional groups attached to an aromatic ring is 1. The summed E-state index contributed by atoms with van der Waals surface area (Å²) >= 11 is 0. The highest BCUT2D eigenvalue weighted by molar-refractivity contribution is 7.84. The molecule has 1 saturated heterocycles. The Morgan fingerprint density at radius 2 is 1.93 bits per heavy atom. The summed E-state index contributed by atoms with van der Waals surface area (Å²) in [5.41, 5.74) is 7.61. The maximum Gasteiger partial charge on any atom is 0.0499 e. The first-order valence-electron chi connectivity index (χ1n) is 5.16. The largest absolute Gasteiger partial charge is 0.399 e. The fourth-order valence-corrected chi connectivity index (χ4v) is 2.52. The molecule has 0 radical (unpaired) electrons. The molecule has 1 fully saturated rings. The summed E-state index contributed by atoms with van der Waals surface area (Å²) in [7, 11) is -0.956. The number of anilines is 2. The molecule has 1 unspecified atom stereocenters. The summed E-state index contributed by atoms with van der Waals surface area (Å²) in [6.07, 6.45) is 4.15. The Morgan fingerprint density at radius 3 is 2.53 bits per heavy atom. The summed E-state index contributed by atoms with van der Waals surface area (Å²) in [6, 6.07) is 5.73. The summed E-state index contributed by atoms with van der Waals surface area (Å²) in [6.45, 7) is 2.17. The first-order valence-corrected chi connectivity index (χ1v) is 6.71. The van der Waals surface area contributed by atoms with Crippen LogP contribution in [0.1, 0.15) is 12.8 Å². The third-order valence-corrected chi connectivity index (χ3v) is 3.62.